The zero-order chi connectivity index (χ0) is 23.1. The van der Waals surface area contributed by atoms with Crippen molar-refractivity contribution in [2.24, 2.45) is 5.92 Å². The molecular weight excluding hydrogens is 408 g/mol. The van der Waals surface area contributed by atoms with E-state index in [1.807, 2.05) is 37.3 Å². The van der Waals surface area contributed by atoms with Gasteiger partial charge in [0.2, 0.25) is 17.7 Å². The lowest BCUT2D eigenvalue weighted by atomic mass is 10.1. The summed E-state index contributed by atoms with van der Waals surface area (Å²) >= 11 is 0. The van der Waals surface area contributed by atoms with Gasteiger partial charge < -0.3 is 20.9 Å². The SMILES string of the molecule is CC(=O)Nc1cccc(C(=O)NCCNC(=O)C2CC(=O)N(C(C)c3ccccc3)C2)c1. The van der Waals surface area contributed by atoms with Crippen LogP contribution in [0, 0.1) is 5.92 Å². The molecule has 3 rings (SSSR count). The van der Waals surface area contributed by atoms with Gasteiger partial charge in [0.15, 0.2) is 0 Å². The van der Waals surface area contributed by atoms with Crippen molar-refractivity contribution in [3.8, 4) is 0 Å². The van der Waals surface area contributed by atoms with Crippen molar-refractivity contribution in [3.05, 3.63) is 65.7 Å². The van der Waals surface area contributed by atoms with Gasteiger partial charge in [0.25, 0.3) is 5.91 Å². The highest BCUT2D eigenvalue weighted by Gasteiger charge is 2.36. The van der Waals surface area contributed by atoms with Crippen molar-refractivity contribution >= 4 is 29.3 Å². The first-order chi connectivity index (χ1) is 15.3. The Kier molecular flexibility index (Phi) is 7.59. The predicted octanol–water partition coefficient (Wildman–Crippen LogP) is 2.10. The minimum absolute atomic E-state index is 0.0335. The van der Waals surface area contributed by atoms with Crippen LogP contribution in [0.1, 0.15) is 42.2 Å². The van der Waals surface area contributed by atoms with E-state index < -0.39 is 5.92 Å². The highest BCUT2D eigenvalue weighted by atomic mass is 16.2. The summed E-state index contributed by atoms with van der Waals surface area (Å²) in [6, 6.07) is 16.3. The number of hydrogen-bond acceptors (Lipinski definition) is 4. The van der Waals surface area contributed by atoms with Crippen LogP contribution in [0.15, 0.2) is 54.6 Å². The lowest BCUT2D eigenvalue weighted by Crippen LogP contribution is -2.38. The molecule has 0 radical (unpaired) electrons. The summed E-state index contributed by atoms with van der Waals surface area (Å²) in [4.78, 5) is 50.1. The van der Waals surface area contributed by atoms with Crippen molar-refractivity contribution in [2.45, 2.75) is 26.3 Å². The first kappa shape index (κ1) is 23.0. The largest absolute Gasteiger partial charge is 0.354 e. The Morgan fingerprint density at radius 2 is 1.75 bits per heavy atom. The third-order valence-electron chi connectivity index (χ3n) is 5.43. The molecule has 2 aromatic carbocycles. The van der Waals surface area contributed by atoms with Crippen LogP contribution in [-0.4, -0.2) is 48.2 Å². The van der Waals surface area contributed by atoms with Crippen LogP contribution in [0.5, 0.6) is 0 Å². The molecule has 0 aliphatic carbocycles. The van der Waals surface area contributed by atoms with Crippen molar-refractivity contribution in [1.29, 1.82) is 0 Å². The van der Waals surface area contributed by atoms with E-state index in [2.05, 4.69) is 16.0 Å². The van der Waals surface area contributed by atoms with E-state index in [-0.39, 0.29) is 49.2 Å². The Morgan fingerprint density at radius 3 is 2.47 bits per heavy atom. The topological polar surface area (TPSA) is 108 Å². The fourth-order valence-electron chi connectivity index (χ4n) is 3.74. The van der Waals surface area contributed by atoms with Gasteiger partial charge in [-0.05, 0) is 30.7 Å². The first-order valence-corrected chi connectivity index (χ1v) is 10.6. The van der Waals surface area contributed by atoms with E-state index in [0.717, 1.165) is 5.56 Å². The standard InChI is InChI=1S/C24H28N4O4/c1-16(18-7-4-3-5-8-18)28-15-20(14-22(28)30)24(32)26-12-11-25-23(31)19-9-6-10-21(13-19)27-17(2)29/h3-10,13,16,20H,11-12,14-15H2,1-2H3,(H,25,31)(H,26,32)(H,27,29). The molecule has 8 nitrogen and oxygen atoms in total. The molecule has 8 heteroatoms. The number of carbonyl (C=O) groups is 4. The monoisotopic (exact) mass is 436 g/mol. The minimum atomic E-state index is -0.404. The Labute approximate surface area is 187 Å². The van der Waals surface area contributed by atoms with Crippen molar-refractivity contribution < 1.29 is 19.2 Å². The molecule has 4 amide bonds. The van der Waals surface area contributed by atoms with Gasteiger partial charge >= 0.3 is 0 Å². The number of likely N-dealkylation sites (tertiary alicyclic amines) is 1. The van der Waals surface area contributed by atoms with Gasteiger partial charge in [0.1, 0.15) is 0 Å². The molecule has 1 fully saturated rings. The van der Waals surface area contributed by atoms with Gasteiger partial charge in [-0.1, -0.05) is 36.4 Å². The normalized spacial score (nSPS) is 16.4. The predicted molar refractivity (Wildman–Crippen MR) is 121 cm³/mol. The molecule has 3 N–H and O–H groups in total. The summed E-state index contributed by atoms with van der Waals surface area (Å²) in [5.74, 6) is -1.15. The smallest absolute Gasteiger partial charge is 0.251 e. The second-order valence-electron chi connectivity index (χ2n) is 7.84. The molecule has 1 aliphatic heterocycles. The van der Waals surface area contributed by atoms with Crippen LogP contribution >= 0.6 is 0 Å². The summed E-state index contributed by atoms with van der Waals surface area (Å²) in [7, 11) is 0. The fraction of sp³-hybridized carbons (Fsp3) is 0.333. The van der Waals surface area contributed by atoms with Crippen LogP contribution in [0.2, 0.25) is 0 Å². The molecule has 1 aliphatic rings. The summed E-state index contributed by atoms with van der Waals surface area (Å²) in [6.07, 6.45) is 0.186. The quantitative estimate of drug-likeness (QED) is 0.551. The molecule has 1 heterocycles. The Balaban J connectivity index is 1.44. The third-order valence-corrected chi connectivity index (χ3v) is 5.43. The summed E-state index contributed by atoms with van der Waals surface area (Å²) in [5.41, 5.74) is 1.99. The molecule has 168 valence electrons. The number of nitrogens with zero attached hydrogens (tertiary/aromatic N) is 1. The highest BCUT2D eigenvalue weighted by Crippen LogP contribution is 2.28. The molecular formula is C24H28N4O4. The van der Waals surface area contributed by atoms with Crippen molar-refractivity contribution in [2.75, 3.05) is 25.0 Å². The second kappa shape index (κ2) is 10.6. The highest BCUT2D eigenvalue weighted by molar-refractivity contribution is 5.96. The number of benzene rings is 2. The lowest BCUT2D eigenvalue weighted by molar-refractivity contribution is -0.130. The lowest BCUT2D eigenvalue weighted by Gasteiger charge is -2.25. The molecule has 2 unspecified atom stereocenters. The third kappa shape index (κ3) is 5.94. The molecule has 0 saturated carbocycles. The number of hydrogen-bond donors (Lipinski definition) is 3. The van der Waals surface area contributed by atoms with Gasteiger partial charge in [-0.3, -0.25) is 19.2 Å². The minimum Gasteiger partial charge on any atom is -0.354 e. The Morgan fingerprint density at radius 1 is 1.03 bits per heavy atom. The second-order valence-corrected chi connectivity index (χ2v) is 7.84. The van der Waals surface area contributed by atoms with Gasteiger partial charge in [0.05, 0.1) is 12.0 Å². The van der Waals surface area contributed by atoms with Crippen LogP contribution < -0.4 is 16.0 Å². The van der Waals surface area contributed by atoms with E-state index in [1.54, 1.807) is 29.2 Å². The van der Waals surface area contributed by atoms with Gasteiger partial charge in [-0.25, -0.2) is 0 Å². The maximum absolute atomic E-state index is 12.5. The number of amides is 4. The summed E-state index contributed by atoms with van der Waals surface area (Å²) in [5, 5.41) is 8.17. The van der Waals surface area contributed by atoms with Crippen molar-refractivity contribution in [1.82, 2.24) is 15.5 Å². The van der Waals surface area contributed by atoms with Gasteiger partial charge in [-0.2, -0.15) is 0 Å². The summed E-state index contributed by atoms with van der Waals surface area (Å²) < 4.78 is 0. The van der Waals surface area contributed by atoms with E-state index >= 15 is 0 Å². The zero-order valence-electron chi connectivity index (χ0n) is 18.3. The molecule has 2 atom stereocenters. The number of rotatable bonds is 8. The maximum Gasteiger partial charge on any atom is 0.251 e. The van der Waals surface area contributed by atoms with Gasteiger partial charge in [0, 0.05) is 44.2 Å². The summed E-state index contributed by atoms with van der Waals surface area (Å²) in [6.45, 7) is 4.25. The van der Waals surface area contributed by atoms with Crippen LogP contribution in [0.4, 0.5) is 5.69 Å². The number of anilines is 1. The molecule has 0 spiro atoms. The van der Waals surface area contributed by atoms with E-state index in [0.29, 0.717) is 17.8 Å². The fourth-order valence-corrected chi connectivity index (χ4v) is 3.74. The molecule has 1 saturated heterocycles. The first-order valence-electron chi connectivity index (χ1n) is 10.6. The van der Waals surface area contributed by atoms with Gasteiger partial charge in [-0.15, -0.1) is 0 Å². The van der Waals surface area contributed by atoms with E-state index in [1.165, 1.54) is 6.92 Å². The van der Waals surface area contributed by atoms with Crippen LogP contribution in [-0.2, 0) is 14.4 Å². The zero-order valence-corrected chi connectivity index (χ0v) is 18.3. The molecule has 2 aromatic rings. The molecule has 0 aromatic heterocycles. The van der Waals surface area contributed by atoms with E-state index in [9.17, 15) is 19.2 Å². The average Bonchev–Trinajstić information content (AvgIpc) is 3.18. The number of carbonyl (C=O) groups excluding carboxylic acids is 4. The molecule has 0 bridgehead atoms. The Hall–Kier alpha value is -3.68. The average molecular weight is 437 g/mol. The van der Waals surface area contributed by atoms with Crippen molar-refractivity contribution in [3.63, 3.8) is 0 Å². The van der Waals surface area contributed by atoms with E-state index in [4.69, 9.17) is 0 Å². The molecule has 32 heavy (non-hydrogen) atoms. The van der Waals surface area contributed by atoms with Crippen LogP contribution in [0.3, 0.4) is 0 Å². The maximum atomic E-state index is 12.5. The Bertz CT molecular complexity index is 993. The van der Waals surface area contributed by atoms with Crippen LogP contribution in [0.25, 0.3) is 0 Å². The number of nitrogens with one attached hydrogen (secondary N) is 3.